The maximum atomic E-state index is 12.4. The molecule has 2 aromatic rings. The second kappa shape index (κ2) is 5.72. The molecule has 0 saturated heterocycles. The van der Waals surface area contributed by atoms with Crippen molar-refractivity contribution in [3.63, 3.8) is 0 Å². The first-order chi connectivity index (χ1) is 10.6. The smallest absolute Gasteiger partial charge is 0.326 e. The fraction of sp³-hybridized carbons (Fsp3) is 0.133. The Hall–Kier alpha value is -3.09. The van der Waals surface area contributed by atoms with E-state index >= 15 is 0 Å². The Balaban J connectivity index is 1.88. The van der Waals surface area contributed by atoms with E-state index in [0.717, 1.165) is 0 Å². The molecule has 0 spiro atoms. The number of anilines is 2. The molecule has 2 aromatic carbocycles. The van der Waals surface area contributed by atoms with E-state index in [4.69, 9.17) is 4.74 Å². The fourth-order valence-electron chi connectivity index (χ4n) is 2.24. The molecule has 0 atom stereocenters. The molecule has 7 heteroatoms. The Kier molecular flexibility index (Phi) is 3.61. The zero-order valence-electron chi connectivity index (χ0n) is 11.6. The van der Waals surface area contributed by atoms with Gasteiger partial charge in [-0.25, -0.2) is 4.79 Å². The van der Waals surface area contributed by atoms with Crippen molar-refractivity contribution in [1.29, 1.82) is 0 Å². The number of ether oxygens (including phenoxy) is 1. The molecule has 0 unspecified atom stereocenters. The number of non-ortho nitro benzene ring substituents is 1. The molecule has 0 aliphatic carbocycles. The Morgan fingerprint density at radius 3 is 2.73 bits per heavy atom. The number of nitro benzene ring substituents is 1. The van der Waals surface area contributed by atoms with Crippen LogP contribution in [0.2, 0.25) is 0 Å². The number of nitro groups is 1. The van der Waals surface area contributed by atoms with Gasteiger partial charge < -0.3 is 10.1 Å². The lowest BCUT2D eigenvalue weighted by Gasteiger charge is -2.29. The highest BCUT2D eigenvalue weighted by Gasteiger charge is 2.26. The number of amides is 2. The highest BCUT2D eigenvalue weighted by molar-refractivity contribution is 6.03. The molecule has 1 aliphatic heterocycles. The van der Waals surface area contributed by atoms with E-state index in [1.165, 1.54) is 23.1 Å². The summed E-state index contributed by atoms with van der Waals surface area (Å²) in [6, 6.07) is 12.9. The summed E-state index contributed by atoms with van der Waals surface area (Å²) in [5.41, 5.74) is 0.974. The van der Waals surface area contributed by atoms with Crippen LogP contribution in [0, 0.1) is 10.1 Å². The third-order valence-corrected chi connectivity index (χ3v) is 3.29. The number of urea groups is 1. The van der Waals surface area contributed by atoms with Crippen molar-refractivity contribution in [3.8, 4) is 5.75 Å². The predicted octanol–water partition coefficient (Wildman–Crippen LogP) is 3.03. The highest BCUT2D eigenvalue weighted by atomic mass is 16.6. The van der Waals surface area contributed by atoms with Gasteiger partial charge >= 0.3 is 6.03 Å². The number of rotatable bonds is 2. The van der Waals surface area contributed by atoms with Crippen molar-refractivity contribution in [2.75, 3.05) is 23.4 Å². The van der Waals surface area contributed by atoms with Crippen LogP contribution >= 0.6 is 0 Å². The van der Waals surface area contributed by atoms with E-state index < -0.39 is 4.92 Å². The molecule has 1 heterocycles. The third-order valence-electron chi connectivity index (χ3n) is 3.29. The standard InChI is InChI=1S/C15H13N3O4/c19-15(16-11-4-2-1-3-5-11)17-8-9-22-14-7-6-12(18(20)21)10-13(14)17/h1-7,10H,8-9H2,(H,16,19). The molecule has 0 aromatic heterocycles. The Bertz CT molecular complexity index is 718. The van der Waals surface area contributed by atoms with Gasteiger partial charge in [0.05, 0.1) is 17.2 Å². The average molecular weight is 299 g/mol. The first-order valence-corrected chi connectivity index (χ1v) is 6.70. The topological polar surface area (TPSA) is 84.7 Å². The maximum Gasteiger partial charge on any atom is 0.326 e. The van der Waals surface area contributed by atoms with E-state index in [1.807, 2.05) is 18.2 Å². The first-order valence-electron chi connectivity index (χ1n) is 6.70. The summed E-state index contributed by atoms with van der Waals surface area (Å²) in [5.74, 6) is 0.458. The fourth-order valence-corrected chi connectivity index (χ4v) is 2.24. The predicted molar refractivity (Wildman–Crippen MR) is 81.4 cm³/mol. The van der Waals surface area contributed by atoms with Crippen molar-refractivity contribution in [2.45, 2.75) is 0 Å². The third kappa shape index (κ3) is 2.69. The number of hydrogen-bond donors (Lipinski definition) is 1. The summed E-state index contributed by atoms with van der Waals surface area (Å²) >= 11 is 0. The van der Waals surface area contributed by atoms with Crippen LogP contribution in [-0.2, 0) is 0 Å². The molecule has 1 N–H and O–H groups in total. The molecule has 0 fully saturated rings. The molecular formula is C15H13N3O4. The van der Waals surface area contributed by atoms with E-state index in [0.29, 0.717) is 30.3 Å². The molecule has 7 nitrogen and oxygen atoms in total. The number of fused-ring (bicyclic) bond motifs is 1. The van der Waals surface area contributed by atoms with E-state index in [1.54, 1.807) is 12.1 Å². The van der Waals surface area contributed by atoms with Crippen molar-refractivity contribution in [1.82, 2.24) is 0 Å². The lowest BCUT2D eigenvalue weighted by atomic mass is 10.2. The zero-order valence-corrected chi connectivity index (χ0v) is 11.6. The molecule has 0 radical (unpaired) electrons. The summed E-state index contributed by atoms with van der Waals surface area (Å²) in [6.07, 6.45) is 0. The van der Waals surface area contributed by atoms with Crippen LogP contribution in [0.25, 0.3) is 0 Å². The largest absolute Gasteiger partial charge is 0.490 e. The van der Waals surface area contributed by atoms with E-state index in [2.05, 4.69) is 5.32 Å². The van der Waals surface area contributed by atoms with Gasteiger partial charge in [-0.3, -0.25) is 15.0 Å². The summed E-state index contributed by atoms with van der Waals surface area (Å²) in [7, 11) is 0. The minimum atomic E-state index is -0.498. The number of nitrogens with one attached hydrogen (secondary N) is 1. The van der Waals surface area contributed by atoms with Gasteiger partial charge in [0.1, 0.15) is 12.4 Å². The normalized spacial score (nSPS) is 13.0. The van der Waals surface area contributed by atoms with Crippen LogP contribution in [0.3, 0.4) is 0 Å². The van der Waals surface area contributed by atoms with E-state index in [9.17, 15) is 14.9 Å². The van der Waals surface area contributed by atoms with Gasteiger partial charge in [0.25, 0.3) is 5.69 Å². The Morgan fingerprint density at radius 2 is 2.00 bits per heavy atom. The molecule has 2 amide bonds. The first kappa shape index (κ1) is 13.9. The van der Waals surface area contributed by atoms with Gasteiger partial charge in [-0.15, -0.1) is 0 Å². The van der Waals surface area contributed by atoms with Crippen molar-refractivity contribution in [2.24, 2.45) is 0 Å². The lowest BCUT2D eigenvalue weighted by Crippen LogP contribution is -2.40. The van der Waals surface area contributed by atoms with Crippen molar-refractivity contribution < 1.29 is 14.5 Å². The molecule has 3 rings (SSSR count). The van der Waals surface area contributed by atoms with E-state index in [-0.39, 0.29) is 11.7 Å². The molecule has 22 heavy (non-hydrogen) atoms. The average Bonchev–Trinajstić information content (AvgIpc) is 2.54. The van der Waals surface area contributed by atoms with Crippen LogP contribution in [0.1, 0.15) is 0 Å². The molecule has 0 bridgehead atoms. The number of para-hydroxylation sites is 1. The van der Waals surface area contributed by atoms with Crippen molar-refractivity contribution >= 4 is 23.1 Å². The molecule has 0 saturated carbocycles. The Morgan fingerprint density at radius 1 is 1.23 bits per heavy atom. The number of carbonyl (C=O) groups is 1. The van der Waals surface area contributed by atoms with Gasteiger partial charge in [0, 0.05) is 17.8 Å². The van der Waals surface area contributed by atoms with Crippen LogP contribution in [0.15, 0.2) is 48.5 Å². The van der Waals surface area contributed by atoms with Crippen LogP contribution in [0.5, 0.6) is 5.75 Å². The minimum absolute atomic E-state index is 0.0817. The van der Waals surface area contributed by atoms with Gasteiger partial charge in [0.2, 0.25) is 0 Å². The number of nitrogens with zero attached hydrogens (tertiary/aromatic N) is 2. The molecular weight excluding hydrogens is 286 g/mol. The Labute approximate surface area is 126 Å². The van der Waals surface area contributed by atoms with Crippen LogP contribution < -0.4 is 15.0 Å². The van der Waals surface area contributed by atoms with Crippen LogP contribution in [-0.4, -0.2) is 24.1 Å². The quantitative estimate of drug-likeness (QED) is 0.682. The lowest BCUT2D eigenvalue weighted by molar-refractivity contribution is -0.384. The second-order valence-electron chi connectivity index (χ2n) is 4.71. The number of hydrogen-bond acceptors (Lipinski definition) is 4. The summed E-state index contributed by atoms with van der Waals surface area (Å²) in [6.45, 7) is 0.667. The second-order valence-corrected chi connectivity index (χ2v) is 4.71. The van der Waals surface area contributed by atoms with Gasteiger partial charge in [0.15, 0.2) is 0 Å². The molecule has 1 aliphatic rings. The SMILES string of the molecule is O=C(Nc1ccccc1)N1CCOc2ccc([N+](=O)[O-])cc21. The van der Waals surface area contributed by atoms with Crippen LogP contribution in [0.4, 0.5) is 21.9 Å². The summed E-state index contributed by atoms with van der Waals surface area (Å²) in [5, 5.41) is 13.7. The number of carbonyl (C=O) groups excluding carboxylic acids is 1. The zero-order chi connectivity index (χ0) is 15.5. The molecule has 112 valence electrons. The van der Waals surface area contributed by atoms with Gasteiger partial charge in [-0.05, 0) is 18.2 Å². The highest BCUT2D eigenvalue weighted by Crippen LogP contribution is 2.35. The number of benzene rings is 2. The van der Waals surface area contributed by atoms with Crippen molar-refractivity contribution in [3.05, 3.63) is 58.6 Å². The van der Waals surface area contributed by atoms with Gasteiger partial charge in [-0.2, -0.15) is 0 Å². The summed E-state index contributed by atoms with van der Waals surface area (Å²) < 4.78 is 5.44. The maximum absolute atomic E-state index is 12.4. The monoisotopic (exact) mass is 299 g/mol. The van der Waals surface area contributed by atoms with Gasteiger partial charge in [-0.1, -0.05) is 18.2 Å². The minimum Gasteiger partial charge on any atom is -0.490 e. The summed E-state index contributed by atoms with van der Waals surface area (Å²) in [4.78, 5) is 24.2.